The summed E-state index contributed by atoms with van der Waals surface area (Å²) in [6.07, 6.45) is -0.267. The van der Waals surface area contributed by atoms with Gasteiger partial charge in [0.25, 0.3) is 0 Å². The Kier molecular flexibility index (Phi) is 2.63. The van der Waals surface area contributed by atoms with Gasteiger partial charge in [-0.15, -0.1) is 0 Å². The van der Waals surface area contributed by atoms with Crippen molar-refractivity contribution in [3.8, 4) is 0 Å². The van der Waals surface area contributed by atoms with Crippen molar-refractivity contribution in [2.75, 3.05) is 11.4 Å². The number of rotatable bonds is 2. The number of amides is 1. The van der Waals surface area contributed by atoms with Gasteiger partial charge in [0.2, 0.25) is 5.91 Å². The molecule has 0 bridgehead atoms. The van der Waals surface area contributed by atoms with Gasteiger partial charge >= 0.3 is 5.97 Å². The number of aromatic carboxylic acids is 1. The van der Waals surface area contributed by atoms with Crippen molar-refractivity contribution < 1.29 is 23.9 Å². The Morgan fingerprint density at radius 2 is 2.06 bits per heavy atom. The highest BCUT2D eigenvalue weighted by Crippen LogP contribution is 2.25. The van der Waals surface area contributed by atoms with Crippen molar-refractivity contribution in [2.45, 2.75) is 6.42 Å². The third-order valence-corrected chi connectivity index (χ3v) is 2.48. The number of anilines is 1. The molecule has 0 aromatic heterocycles. The largest absolute Gasteiger partial charge is 0.478 e. The minimum absolute atomic E-state index is 0.166. The molecule has 1 aliphatic rings. The second-order valence-corrected chi connectivity index (χ2v) is 3.64. The zero-order chi connectivity index (χ0) is 12.6. The first-order chi connectivity index (χ1) is 8.00. The van der Waals surface area contributed by atoms with Gasteiger partial charge in [0.15, 0.2) is 11.6 Å². The number of benzene rings is 1. The average molecular weight is 237 g/mol. The lowest BCUT2D eigenvalue weighted by molar-refractivity contribution is -0.121. The SMILES string of the molecule is O=C1CC(=O)N(c2cccc(C(=O)O)c2F)C1. The summed E-state index contributed by atoms with van der Waals surface area (Å²) < 4.78 is 13.8. The van der Waals surface area contributed by atoms with E-state index < -0.39 is 23.3 Å². The smallest absolute Gasteiger partial charge is 0.338 e. The summed E-state index contributed by atoms with van der Waals surface area (Å²) in [6.45, 7) is -0.209. The van der Waals surface area contributed by atoms with Crippen LogP contribution in [0.25, 0.3) is 0 Å². The van der Waals surface area contributed by atoms with E-state index in [0.717, 1.165) is 11.0 Å². The number of hydrogen-bond acceptors (Lipinski definition) is 3. The monoisotopic (exact) mass is 237 g/mol. The third kappa shape index (κ3) is 1.89. The van der Waals surface area contributed by atoms with Crippen molar-refractivity contribution in [3.63, 3.8) is 0 Å². The number of nitrogens with zero attached hydrogens (tertiary/aromatic N) is 1. The number of Topliss-reactive ketones (excluding diaryl/α,β-unsaturated/α-hetero) is 1. The van der Waals surface area contributed by atoms with E-state index in [0.29, 0.717) is 0 Å². The van der Waals surface area contributed by atoms with Gasteiger partial charge in [-0.05, 0) is 12.1 Å². The molecule has 17 heavy (non-hydrogen) atoms. The molecule has 0 atom stereocenters. The van der Waals surface area contributed by atoms with Crippen LogP contribution in [0.5, 0.6) is 0 Å². The van der Waals surface area contributed by atoms with E-state index >= 15 is 0 Å². The van der Waals surface area contributed by atoms with E-state index in [1.165, 1.54) is 12.1 Å². The van der Waals surface area contributed by atoms with Crippen LogP contribution in [0.4, 0.5) is 10.1 Å². The Labute approximate surface area is 95.5 Å². The van der Waals surface area contributed by atoms with Gasteiger partial charge in [0, 0.05) is 0 Å². The lowest BCUT2D eigenvalue weighted by Gasteiger charge is -2.16. The molecule has 1 heterocycles. The predicted molar refractivity (Wildman–Crippen MR) is 55.3 cm³/mol. The number of carboxylic acid groups (broad SMARTS) is 1. The Morgan fingerprint density at radius 1 is 1.35 bits per heavy atom. The van der Waals surface area contributed by atoms with Crippen molar-refractivity contribution in [3.05, 3.63) is 29.6 Å². The highest BCUT2D eigenvalue weighted by Gasteiger charge is 2.31. The second kappa shape index (κ2) is 3.97. The highest BCUT2D eigenvalue weighted by molar-refractivity contribution is 6.15. The number of carboxylic acids is 1. The summed E-state index contributed by atoms with van der Waals surface area (Å²) >= 11 is 0. The van der Waals surface area contributed by atoms with Crippen molar-refractivity contribution in [1.82, 2.24) is 0 Å². The van der Waals surface area contributed by atoms with E-state index in [2.05, 4.69) is 0 Å². The molecule has 1 saturated heterocycles. The van der Waals surface area contributed by atoms with E-state index in [1.807, 2.05) is 0 Å². The van der Waals surface area contributed by atoms with E-state index in [1.54, 1.807) is 0 Å². The van der Waals surface area contributed by atoms with Crippen molar-refractivity contribution in [2.24, 2.45) is 0 Å². The van der Waals surface area contributed by atoms with E-state index in [4.69, 9.17) is 5.11 Å². The van der Waals surface area contributed by atoms with Gasteiger partial charge < -0.3 is 10.0 Å². The van der Waals surface area contributed by atoms with Gasteiger partial charge in [-0.3, -0.25) is 9.59 Å². The van der Waals surface area contributed by atoms with E-state index in [9.17, 15) is 18.8 Å². The van der Waals surface area contributed by atoms with Crippen LogP contribution in [0.2, 0.25) is 0 Å². The second-order valence-electron chi connectivity index (χ2n) is 3.64. The number of carbonyl (C=O) groups is 3. The van der Waals surface area contributed by atoms with Crippen LogP contribution in [0, 0.1) is 5.82 Å². The molecule has 0 saturated carbocycles. The molecule has 0 unspecified atom stereocenters. The molecule has 1 amide bonds. The molecule has 0 radical (unpaired) electrons. The summed E-state index contributed by atoms with van der Waals surface area (Å²) in [5.41, 5.74) is -0.685. The Hall–Kier alpha value is -2.24. The van der Waals surface area contributed by atoms with Gasteiger partial charge in [-0.2, -0.15) is 0 Å². The fraction of sp³-hybridized carbons (Fsp3) is 0.182. The van der Waals surface area contributed by atoms with E-state index in [-0.39, 0.29) is 24.4 Å². The summed E-state index contributed by atoms with van der Waals surface area (Å²) in [6, 6.07) is 3.71. The summed E-state index contributed by atoms with van der Waals surface area (Å²) in [5, 5.41) is 8.74. The molecule has 88 valence electrons. The first kappa shape index (κ1) is 11.3. The van der Waals surface area contributed by atoms with Gasteiger partial charge in [-0.1, -0.05) is 6.07 Å². The van der Waals surface area contributed by atoms with Crippen LogP contribution in [-0.2, 0) is 9.59 Å². The Bertz CT molecular complexity index is 526. The Morgan fingerprint density at radius 3 is 2.59 bits per heavy atom. The minimum Gasteiger partial charge on any atom is -0.478 e. The number of halogens is 1. The lowest BCUT2D eigenvalue weighted by Crippen LogP contribution is -2.26. The number of hydrogen-bond donors (Lipinski definition) is 1. The van der Waals surface area contributed by atoms with Crippen LogP contribution < -0.4 is 4.90 Å². The molecular weight excluding hydrogens is 229 g/mol. The molecule has 6 heteroatoms. The topological polar surface area (TPSA) is 74.7 Å². The summed E-state index contributed by atoms with van der Waals surface area (Å²) in [5.74, 6) is -3.24. The van der Waals surface area contributed by atoms with Crippen LogP contribution in [-0.4, -0.2) is 29.3 Å². The van der Waals surface area contributed by atoms with Crippen LogP contribution in [0.15, 0.2) is 18.2 Å². The van der Waals surface area contributed by atoms with Crippen molar-refractivity contribution in [1.29, 1.82) is 0 Å². The highest BCUT2D eigenvalue weighted by atomic mass is 19.1. The van der Waals surface area contributed by atoms with Gasteiger partial charge in [-0.25, -0.2) is 9.18 Å². The molecule has 1 N–H and O–H groups in total. The Balaban J connectivity index is 2.46. The lowest BCUT2D eigenvalue weighted by atomic mass is 10.1. The molecular formula is C11H8FNO4. The normalized spacial score (nSPS) is 15.5. The first-order valence-corrected chi connectivity index (χ1v) is 4.84. The fourth-order valence-electron chi connectivity index (χ4n) is 1.70. The molecule has 1 aromatic carbocycles. The molecule has 0 aliphatic carbocycles. The summed E-state index contributed by atoms with van der Waals surface area (Å²) in [7, 11) is 0. The zero-order valence-corrected chi connectivity index (χ0v) is 8.64. The molecule has 1 aliphatic heterocycles. The molecule has 1 fully saturated rings. The summed E-state index contributed by atoms with van der Waals surface area (Å²) in [4.78, 5) is 34.2. The third-order valence-electron chi connectivity index (χ3n) is 2.48. The van der Waals surface area contributed by atoms with Gasteiger partial charge in [0.1, 0.15) is 0 Å². The van der Waals surface area contributed by atoms with Crippen LogP contribution >= 0.6 is 0 Å². The first-order valence-electron chi connectivity index (χ1n) is 4.84. The molecule has 0 spiro atoms. The molecule has 5 nitrogen and oxygen atoms in total. The number of carbonyl (C=O) groups excluding carboxylic acids is 2. The quantitative estimate of drug-likeness (QED) is 0.773. The fourth-order valence-corrected chi connectivity index (χ4v) is 1.70. The maximum absolute atomic E-state index is 13.8. The van der Waals surface area contributed by atoms with Crippen molar-refractivity contribution >= 4 is 23.3 Å². The average Bonchev–Trinajstić information content (AvgIpc) is 2.57. The number of ketones is 1. The van der Waals surface area contributed by atoms with Crippen LogP contribution in [0.3, 0.4) is 0 Å². The van der Waals surface area contributed by atoms with Crippen LogP contribution in [0.1, 0.15) is 16.8 Å². The predicted octanol–water partition coefficient (Wildman–Crippen LogP) is 0.830. The van der Waals surface area contributed by atoms with Gasteiger partial charge in [0.05, 0.1) is 24.2 Å². The minimum atomic E-state index is -1.41. The molecule has 2 rings (SSSR count). The maximum Gasteiger partial charge on any atom is 0.338 e. The standard InChI is InChI=1S/C11H8FNO4/c12-10-7(11(16)17)2-1-3-8(10)13-5-6(14)4-9(13)15/h1-3H,4-5H2,(H,16,17). The zero-order valence-electron chi connectivity index (χ0n) is 8.64. The molecule has 1 aromatic rings. The maximum atomic E-state index is 13.8.